The molecule has 136 valence electrons. The SMILES string of the molecule is O=c1[nH]c2cc(OCCCN3CCCCC3)ccc2c(=O)c2n[nH]nc12. The van der Waals surface area contributed by atoms with E-state index in [9.17, 15) is 9.59 Å². The molecule has 1 fully saturated rings. The quantitative estimate of drug-likeness (QED) is 0.671. The molecule has 0 radical (unpaired) electrons. The smallest absolute Gasteiger partial charge is 0.278 e. The lowest BCUT2D eigenvalue weighted by atomic mass is 10.1. The molecule has 4 rings (SSSR count). The Hall–Kier alpha value is -2.74. The third-order valence-corrected chi connectivity index (χ3v) is 4.80. The molecule has 2 N–H and O–H groups in total. The first-order valence-corrected chi connectivity index (χ1v) is 8.98. The number of hydrogen-bond donors (Lipinski definition) is 2. The number of benzene rings is 1. The number of aromatic nitrogens is 4. The molecule has 0 bridgehead atoms. The largest absolute Gasteiger partial charge is 0.493 e. The highest BCUT2D eigenvalue weighted by molar-refractivity contribution is 5.87. The summed E-state index contributed by atoms with van der Waals surface area (Å²) in [7, 11) is 0. The summed E-state index contributed by atoms with van der Waals surface area (Å²) in [5.74, 6) is 0.629. The van der Waals surface area contributed by atoms with Crippen LogP contribution in [0.3, 0.4) is 0 Å². The first-order chi connectivity index (χ1) is 12.7. The molecule has 1 aromatic carbocycles. The monoisotopic (exact) mass is 355 g/mol. The van der Waals surface area contributed by atoms with Crippen LogP contribution in [-0.2, 0) is 0 Å². The Morgan fingerprint density at radius 2 is 1.88 bits per heavy atom. The molecule has 0 atom stereocenters. The van der Waals surface area contributed by atoms with E-state index in [1.165, 1.54) is 32.4 Å². The Balaban J connectivity index is 1.51. The Bertz CT molecular complexity index is 1040. The fourth-order valence-electron chi connectivity index (χ4n) is 3.43. The summed E-state index contributed by atoms with van der Waals surface area (Å²) < 4.78 is 5.81. The molecule has 1 aliphatic heterocycles. The van der Waals surface area contributed by atoms with Crippen molar-refractivity contribution in [2.24, 2.45) is 0 Å². The topological polar surface area (TPSA) is 104 Å². The van der Waals surface area contributed by atoms with Gasteiger partial charge in [-0.2, -0.15) is 15.4 Å². The number of H-pyrrole nitrogens is 2. The van der Waals surface area contributed by atoms with Crippen molar-refractivity contribution in [2.45, 2.75) is 25.7 Å². The van der Waals surface area contributed by atoms with Crippen LogP contribution in [0.4, 0.5) is 0 Å². The second-order valence-corrected chi connectivity index (χ2v) is 6.62. The van der Waals surface area contributed by atoms with Crippen LogP contribution < -0.4 is 15.7 Å². The zero-order valence-electron chi connectivity index (χ0n) is 14.5. The number of likely N-dealkylation sites (tertiary alicyclic amines) is 1. The molecule has 0 unspecified atom stereocenters. The van der Waals surface area contributed by atoms with Gasteiger partial charge in [0.05, 0.1) is 12.1 Å². The van der Waals surface area contributed by atoms with Crippen LogP contribution in [0.25, 0.3) is 21.9 Å². The average Bonchev–Trinajstić information content (AvgIpc) is 3.12. The molecule has 8 nitrogen and oxygen atoms in total. The van der Waals surface area contributed by atoms with Crippen LogP contribution in [0.5, 0.6) is 5.75 Å². The van der Waals surface area contributed by atoms with Crippen LogP contribution in [0, 0.1) is 0 Å². The van der Waals surface area contributed by atoms with Gasteiger partial charge in [0.1, 0.15) is 5.75 Å². The summed E-state index contributed by atoms with van der Waals surface area (Å²) in [6.07, 6.45) is 4.85. The zero-order valence-corrected chi connectivity index (χ0v) is 14.5. The molecule has 26 heavy (non-hydrogen) atoms. The van der Waals surface area contributed by atoms with Crippen molar-refractivity contribution >= 4 is 21.9 Å². The molecule has 1 saturated heterocycles. The lowest BCUT2D eigenvalue weighted by Crippen LogP contribution is -2.31. The van der Waals surface area contributed by atoms with E-state index >= 15 is 0 Å². The van der Waals surface area contributed by atoms with E-state index < -0.39 is 5.56 Å². The molecule has 0 aliphatic carbocycles. The van der Waals surface area contributed by atoms with Gasteiger partial charge in [-0.15, -0.1) is 0 Å². The summed E-state index contributed by atoms with van der Waals surface area (Å²) >= 11 is 0. The van der Waals surface area contributed by atoms with E-state index in [0.29, 0.717) is 23.3 Å². The van der Waals surface area contributed by atoms with E-state index in [1.54, 1.807) is 18.2 Å². The van der Waals surface area contributed by atoms with Crippen molar-refractivity contribution in [1.29, 1.82) is 0 Å². The van der Waals surface area contributed by atoms with Gasteiger partial charge in [0.25, 0.3) is 5.56 Å². The summed E-state index contributed by atoms with van der Waals surface area (Å²) in [6.45, 7) is 3.98. The second-order valence-electron chi connectivity index (χ2n) is 6.62. The minimum atomic E-state index is -0.455. The predicted molar refractivity (Wildman–Crippen MR) is 98.7 cm³/mol. The molecule has 0 spiro atoms. The van der Waals surface area contributed by atoms with Gasteiger partial charge < -0.3 is 14.6 Å². The Morgan fingerprint density at radius 3 is 2.73 bits per heavy atom. The molecule has 0 amide bonds. The van der Waals surface area contributed by atoms with E-state index in [2.05, 4.69) is 25.3 Å². The molecule has 3 aromatic rings. The Kier molecular flexibility index (Phi) is 4.66. The first kappa shape index (κ1) is 16.7. The average molecular weight is 355 g/mol. The van der Waals surface area contributed by atoms with Crippen molar-refractivity contribution in [3.05, 3.63) is 38.8 Å². The van der Waals surface area contributed by atoms with Gasteiger partial charge in [0, 0.05) is 18.0 Å². The van der Waals surface area contributed by atoms with Gasteiger partial charge in [0.2, 0.25) is 5.43 Å². The lowest BCUT2D eigenvalue weighted by molar-refractivity contribution is 0.205. The van der Waals surface area contributed by atoms with Gasteiger partial charge in [-0.3, -0.25) is 9.59 Å². The Morgan fingerprint density at radius 1 is 1.08 bits per heavy atom. The van der Waals surface area contributed by atoms with Gasteiger partial charge in [-0.05, 0) is 44.5 Å². The molecule has 1 aliphatic rings. The van der Waals surface area contributed by atoms with Crippen LogP contribution in [-0.4, -0.2) is 51.5 Å². The van der Waals surface area contributed by atoms with Crippen LogP contribution >= 0.6 is 0 Å². The Labute approximate surface area is 149 Å². The summed E-state index contributed by atoms with van der Waals surface area (Å²) in [5, 5.41) is 10.2. The van der Waals surface area contributed by atoms with Crippen molar-refractivity contribution in [3.8, 4) is 5.75 Å². The predicted octanol–water partition coefficient (Wildman–Crippen LogP) is 1.41. The van der Waals surface area contributed by atoms with E-state index in [1.807, 2.05) is 0 Å². The number of ether oxygens (including phenoxy) is 1. The van der Waals surface area contributed by atoms with E-state index in [4.69, 9.17) is 4.74 Å². The number of rotatable bonds is 5. The number of hydrogen-bond acceptors (Lipinski definition) is 6. The normalized spacial score (nSPS) is 15.5. The van der Waals surface area contributed by atoms with Crippen LogP contribution in [0.2, 0.25) is 0 Å². The fourth-order valence-corrected chi connectivity index (χ4v) is 3.43. The maximum absolute atomic E-state index is 12.5. The maximum Gasteiger partial charge on any atom is 0.278 e. The van der Waals surface area contributed by atoms with Crippen molar-refractivity contribution in [2.75, 3.05) is 26.2 Å². The van der Waals surface area contributed by atoms with E-state index in [0.717, 1.165) is 13.0 Å². The lowest BCUT2D eigenvalue weighted by Gasteiger charge is -2.26. The highest BCUT2D eigenvalue weighted by Crippen LogP contribution is 2.17. The number of fused-ring (bicyclic) bond motifs is 2. The van der Waals surface area contributed by atoms with Crippen molar-refractivity contribution in [3.63, 3.8) is 0 Å². The third kappa shape index (κ3) is 3.32. The summed E-state index contributed by atoms with van der Waals surface area (Å²) in [5.41, 5.74) is -0.318. The summed E-state index contributed by atoms with van der Waals surface area (Å²) in [4.78, 5) is 29.9. The van der Waals surface area contributed by atoms with Crippen LogP contribution in [0.1, 0.15) is 25.7 Å². The van der Waals surface area contributed by atoms with Gasteiger partial charge in [-0.25, -0.2) is 0 Å². The number of piperidine rings is 1. The van der Waals surface area contributed by atoms with Crippen LogP contribution in [0.15, 0.2) is 27.8 Å². The number of nitrogens with zero attached hydrogens (tertiary/aromatic N) is 3. The number of nitrogens with one attached hydrogen (secondary N) is 2. The van der Waals surface area contributed by atoms with Crippen molar-refractivity contribution < 1.29 is 4.74 Å². The number of aromatic amines is 2. The standard InChI is InChI=1S/C18H21N5O3/c24-17-13-6-5-12(26-10-4-9-23-7-2-1-3-8-23)11-14(13)19-18(25)16-15(17)20-22-21-16/h5-6,11H,1-4,7-10H2,(H,19,25)(H,20,21,22). The molecule has 0 saturated carbocycles. The third-order valence-electron chi connectivity index (χ3n) is 4.80. The molecular formula is C18H21N5O3. The van der Waals surface area contributed by atoms with Crippen molar-refractivity contribution in [1.82, 2.24) is 25.3 Å². The highest BCUT2D eigenvalue weighted by Gasteiger charge is 2.11. The minimum absolute atomic E-state index is 0.00944. The van der Waals surface area contributed by atoms with Gasteiger partial charge in [0.15, 0.2) is 11.0 Å². The molecule has 2 aromatic heterocycles. The highest BCUT2D eigenvalue weighted by atomic mass is 16.5. The fraction of sp³-hybridized carbons (Fsp3) is 0.444. The molecule has 3 heterocycles. The molecule has 8 heteroatoms. The second kappa shape index (κ2) is 7.25. The van der Waals surface area contributed by atoms with Gasteiger partial charge >= 0.3 is 0 Å². The minimum Gasteiger partial charge on any atom is -0.493 e. The molecular weight excluding hydrogens is 334 g/mol. The van der Waals surface area contributed by atoms with Gasteiger partial charge in [-0.1, -0.05) is 6.42 Å². The summed E-state index contributed by atoms with van der Waals surface area (Å²) in [6, 6.07) is 5.08. The maximum atomic E-state index is 12.5. The van der Waals surface area contributed by atoms with E-state index in [-0.39, 0.29) is 16.5 Å². The zero-order chi connectivity index (χ0) is 17.9. The first-order valence-electron chi connectivity index (χ1n) is 8.98.